The number of aryl methyl sites for hydroxylation is 4. The first-order chi connectivity index (χ1) is 19.4. The third kappa shape index (κ3) is 3.99. The van der Waals surface area contributed by atoms with Crippen molar-refractivity contribution in [2.24, 2.45) is 7.05 Å². The molecule has 0 saturated heterocycles. The van der Waals surface area contributed by atoms with Crippen LogP contribution in [0.1, 0.15) is 45.0 Å². The van der Waals surface area contributed by atoms with Gasteiger partial charge >= 0.3 is 0 Å². The average molecular weight is 553 g/mol. The second-order valence-electron chi connectivity index (χ2n) is 10.1. The Morgan fingerprint density at radius 1 is 1.05 bits per heavy atom. The van der Waals surface area contributed by atoms with Gasteiger partial charge in [0.25, 0.3) is 0 Å². The molecule has 0 aliphatic carbocycles. The van der Waals surface area contributed by atoms with Gasteiger partial charge in [-0.2, -0.15) is 5.10 Å². The molecule has 0 bridgehead atoms. The number of aromatic nitrogens is 8. The fourth-order valence-corrected chi connectivity index (χ4v) is 5.32. The number of ether oxygens (including phenoxy) is 2. The Morgan fingerprint density at radius 3 is 2.55 bits per heavy atom. The number of halogens is 1. The molecule has 5 heterocycles. The summed E-state index contributed by atoms with van der Waals surface area (Å²) in [5.41, 5.74) is 8.25. The zero-order valence-corrected chi connectivity index (χ0v) is 23.1. The van der Waals surface area contributed by atoms with E-state index in [4.69, 9.17) is 31.2 Å². The van der Waals surface area contributed by atoms with Crippen LogP contribution in [-0.2, 0) is 13.7 Å². The number of H-pyrrole nitrogens is 1. The molecule has 0 radical (unpaired) electrons. The van der Waals surface area contributed by atoms with E-state index in [1.165, 1.54) is 0 Å². The van der Waals surface area contributed by atoms with E-state index >= 15 is 0 Å². The molecule has 40 heavy (non-hydrogen) atoms. The third-order valence-electron chi connectivity index (χ3n) is 7.20. The van der Waals surface area contributed by atoms with Gasteiger partial charge in [-0.3, -0.25) is 9.78 Å². The summed E-state index contributed by atoms with van der Waals surface area (Å²) in [6.07, 6.45) is 5.46. The monoisotopic (exact) mass is 552 g/mol. The smallest absolute Gasteiger partial charge is 0.244 e. The summed E-state index contributed by atoms with van der Waals surface area (Å²) in [5, 5.41) is 17.3. The number of hydrogen-bond donors (Lipinski definition) is 1. The fourth-order valence-electron chi connectivity index (χ4n) is 5.21. The lowest BCUT2D eigenvalue weighted by molar-refractivity contribution is 0.306. The molecule has 6 aromatic rings. The maximum Gasteiger partial charge on any atom is 0.244 e. The van der Waals surface area contributed by atoms with Crippen LogP contribution in [0, 0.1) is 20.8 Å². The normalized spacial score (nSPS) is 14.2. The van der Waals surface area contributed by atoms with Crippen LogP contribution in [0.3, 0.4) is 0 Å². The average Bonchev–Trinajstić information content (AvgIpc) is 3.68. The highest BCUT2D eigenvalue weighted by Crippen LogP contribution is 2.48. The van der Waals surface area contributed by atoms with E-state index in [1.54, 1.807) is 15.5 Å². The molecule has 0 spiro atoms. The van der Waals surface area contributed by atoms with Gasteiger partial charge < -0.3 is 9.47 Å². The Hall–Kier alpha value is -4.70. The lowest BCUT2D eigenvalue weighted by Crippen LogP contribution is -2.14. The van der Waals surface area contributed by atoms with Gasteiger partial charge in [0.1, 0.15) is 18.7 Å². The van der Waals surface area contributed by atoms with Crippen LogP contribution in [-0.4, -0.2) is 39.6 Å². The van der Waals surface area contributed by atoms with Crippen molar-refractivity contribution in [1.82, 2.24) is 39.6 Å². The van der Waals surface area contributed by atoms with Crippen molar-refractivity contribution in [3.8, 4) is 28.9 Å². The number of hydrogen-bond acceptors (Lipinski definition) is 7. The summed E-state index contributed by atoms with van der Waals surface area (Å²) in [5.74, 6) is 2.14. The third-order valence-corrected chi connectivity index (χ3v) is 7.80. The summed E-state index contributed by atoms with van der Waals surface area (Å²) in [7, 11) is 1.90. The van der Waals surface area contributed by atoms with Gasteiger partial charge in [-0.15, -0.1) is 10.2 Å². The van der Waals surface area contributed by atoms with Crippen molar-refractivity contribution in [2.75, 3.05) is 0 Å². The van der Waals surface area contributed by atoms with Gasteiger partial charge in [-0.05, 0) is 49.6 Å². The summed E-state index contributed by atoms with van der Waals surface area (Å²) in [6.45, 7) is 6.37. The molecule has 1 aliphatic heterocycles. The van der Waals surface area contributed by atoms with Gasteiger partial charge in [0, 0.05) is 40.7 Å². The van der Waals surface area contributed by atoms with Crippen LogP contribution in [0.15, 0.2) is 55.1 Å². The molecule has 1 atom stereocenters. The van der Waals surface area contributed by atoms with Gasteiger partial charge in [0.2, 0.25) is 11.8 Å². The minimum atomic E-state index is -0.209. The van der Waals surface area contributed by atoms with Crippen molar-refractivity contribution in [2.45, 2.75) is 33.3 Å². The number of nitrogens with one attached hydrogen (secondary N) is 1. The zero-order valence-electron chi connectivity index (χ0n) is 22.3. The minimum absolute atomic E-state index is 0.209. The van der Waals surface area contributed by atoms with E-state index < -0.39 is 0 Å². The Kier molecular flexibility index (Phi) is 5.60. The molecule has 1 N–H and O–H groups in total. The summed E-state index contributed by atoms with van der Waals surface area (Å²) in [4.78, 5) is 9.51. The highest BCUT2D eigenvalue weighted by Gasteiger charge is 2.37. The second-order valence-corrected chi connectivity index (χ2v) is 10.5. The molecule has 0 amide bonds. The van der Waals surface area contributed by atoms with Gasteiger partial charge in [-0.1, -0.05) is 35.9 Å². The Morgan fingerprint density at radius 2 is 1.82 bits per heavy atom. The first kappa shape index (κ1) is 24.3. The largest absolute Gasteiger partial charge is 0.489 e. The molecule has 7 rings (SSSR count). The van der Waals surface area contributed by atoms with Crippen molar-refractivity contribution in [1.29, 1.82) is 0 Å². The lowest BCUT2D eigenvalue weighted by Gasteiger charge is -2.24. The van der Waals surface area contributed by atoms with E-state index in [0.717, 1.165) is 55.4 Å². The standard InChI is InChI=1S/C29H25ClN8O2/c1-15-9-21(10-16(2)25(15)30)39-13-18-5-7-19(8-6-18)26-33-27-24-23(20-11-32-37(4)12-20)22-17(3)34-35-29(22)40-28(24)31-14-38(27)36-26/h5-12,14,23H,13H2,1-4H3,(H,34,35). The van der Waals surface area contributed by atoms with Crippen LogP contribution >= 0.6 is 11.6 Å². The Labute approximate surface area is 234 Å². The zero-order chi connectivity index (χ0) is 27.5. The van der Waals surface area contributed by atoms with Crippen molar-refractivity contribution < 1.29 is 9.47 Å². The SMILES string of the molecule is Cc1cc(OCc2ccc(-c3nc4c5c(ncn4n3)Oc3n[nH]c(C)c3C5c3cnn(C)c3)cc2)cc(C)c1Cl. The van der Waals surface area contributed by atoms with Crippen LogP contribution in [0.4, 0.5) is 0 Å². The summed E-state index contributed by atoms with van der Waals surface area (Å²) in [6, 6.07) is 11.9. The molecule has 0 fully saturated rings. The Balaban J connectivity index is 1.22. The first-order valence-electron chi connectivity index (χ1n) is 12.8. The van der Waals surface area contributed by atoms with E-state index in [1.807, 2.05) is 76.6 Å². The first-order valence-corrected chi connectivity index (χ1v) is 13.2. The van der Waals surface area contributed by atoms with Gasteiger partial charge in [-0.25, -0.2) is 14.5 Å². The predicted molar refractivity (Wildman–Crippen MR) is 149 cm³/mol. The van der Waals surface area contributed by atoms with Crippen LogP contribution in [0.25, 0.3) is 17.0 Å². The van der Waals surface area contributed by atoms with Crippen LogP contribution in [0.2, 0.25) is 5.02 Å². The van der Waals surface area contributed by atoms with Crippen LogP contribution < -0.4 is 9.47 Å². The molecular formula is C29H25ClN8O2. The van der Waals surface area contributed by atoms with Gasteiger partial charge in [0.05, 0.1) is 17.7 Å². The Bertz CT molecular complexity index is 1880. The molecule has 2 aromatic carbocycles. The molecule has 0 saturated carbocycles. The topological polar surface area (TPSA) is 108 Å². The maximum atomic E-state index is 6.29. The molecule has 1 aliphatic rings. The highest BCUT2D eigenvalue weighted by atomic mass is 35.5. The summed E-state index contributed by atoms with van der Waals surface area (Å²) < 4.78 is 15.6. The number of nitrogens with zero attached hydrogens (tertiary/aromatic N) is 7. The number of benzene rings is 2. The molecular weight excluding hydrogens is 528 g/mol. The fraction of sp³-hybridized carbons (Fsp3) is 0.207. The van der Waals surface area contributed by atoms with E-state index in [0.29, 0.717) is 29.8 Å². The van der Waals surface area contributed by atoms with Gasteiger partial charge in [0.15, 0.2) is 11.5 Å². The van der Waals surface area contributed by atoms with E-state index in [9.17, 15) is 0 Å². The second kappa shape index (κ2) is 9.20. The van der Waals surface area contributed by atoms with E-state index in [-0.39, 0.29) is 5.92 Å². The van der Waals surface area contributed by atoms with E-state index in [2.05, 4.69) is 20.3 Å². The van der Waals surface area contributed by atoms with Crippen LogP contribution in [0.5, 0.6) is 17.5 Å². The number of fused-ring (bicyclic) bond motifs is 4. The van der Waals surface area contributed by atoms with Crippen molar-refractivity contribution in [3.63, 3.8) is 0 Å². The molecule has 10 nitrogen and oxygen atoms in total. The molecule has 11 heteroatoms. The molecule has 200 valence electrons. The quantitative estimate of drug-likeness (QED) is 0.292. The number of aromatic amines is 1. The summed E-state index contributed by atoms with van der Waals surface area (Å²) >= 11 is 6.29. The molecule has 1 unspecified atom stereocenters. The highest BCUT2D eigenvalue weighted by molar-refractivity contribution is 6.32. The number of rotatable bonds is 5. The minimum Gasteiger partial charge on any atom is -0.489 e. The lowest BCUT2D eigenvalue weighted by atomic mass is 9.86. The van der Waals surface area contributed by atoms with Crippen molar-refractivity contribution >= 4 is 17.2 Å². The maximum absolute atomic E-state index is 6.29. The molecule has 4 aromatic heterocycles. The van der Waals surface area contributed by atoms with Crippen molar-refractivity contribution in [3.05, 3.63) is 99.2 Å². The predicted octanol–water partition coefficient (Wildman–Crippen LogP) is 5.69.